The number of hydrogen-bond donors (Lipinski definition) is 0. The van der Waals surface area contributed by atoms with E-state index in [1.165, 1.54) is 28.8 Å². The van der Waals surface area contributed by atoms with Gasteiger partial charge in [0.15, 0.2) is 0 Å². The zero-order valence-corrected chi connectivity index (χ0v) is 16.1. The van der Waals surface area contributed by atoms with Crippen molar-refractivity contribution in [1.82, 2.24) is 4.90 Å². The molecule has 0 unspecified atom stereocenters. The second kappa shape index (κ2) is 8.44. The van der Waals surface area contributed by atoms with Crippen LogP contribution in [-0.4, -0.2) is 28.5 Å². The molecule has 2 aromatic rings. The predicted molar refractivity (Wildman–Crippen MR) is 99.4 cm³/mol. The Kier molecular flexibility index (Phi) is 6.55. The zero-order valence-electron chi connectivity index (χ0n) is 13.7. The van der Waals surface area contributed by atoms with Crippen LogP contribution >= 0.6 is 27.7 Å². The number of hydrogen-bond acceptors (Lipinski definition) is 4. The van der Waals surface area contributed by atoms with Gasteiger partial charge < -0.3 is 4.90 Å². The van der Waals surface area contributed by atoms with Crippen molar-refractivity contribution in [1.29, 1.82) is 0 Å². The highest BCUT2D eigenvalue weighted by molar-refractivity contribution is 9.10. The Morgan fingerprint density at radius 1 is 1.32 bits per heavy atom. The molecule has 0 N–H and O–H groups in total. The Morgan fingerprint density at radius 2 is 2.04 bits per heavy atom. The highest BCUT2D eigenvalue weighted by Crippen LogP contribution is 2.29. The number of thioether (sulfide) groups is 1. The largest absolute Gasteiger partial charge is 0.334 e. The van der Waals surface area contributed by atoms with Crippen molar-refractivity contribution < 1.29 is 14.1 Å². The number of carbonyl (C=O) groups is 1. The van der Waals surface area contributed by atoms with E-state index in [1.54, 1.807) is 37.4 Å². The highest BCUT2D eigenvalue weighted by atomic mass is 79.9. The molecule has 0 aliphatic heterocycles. The van der Waals surface area contributed by atoms with Crippen molar-refractivity contribution in [3.63, 3.8) is 0 Å². The molecule has 0 saturated carbocycles. The number of nitrogens with zero attached hydrogens (tertiary/aromatic N) is 2. The lowest BCUT2D eigenvalue weighted by Crippen LogP contribution is -2.30. The van der Waals surface area contributed by atoms with E-state index in [-0.39, 0.29) is 23.7 Å². The van der Waals surface area contributed by atoms with Crippen LogP contribution in [0.5, 0.6) is 0 Å². The summed E-state index contributed by atoms with van der Waals surface area (Å²) in [4.78, 5) is 25.3. The molecule has 0 aliphatic rings. The maximum absolute atomic E-state index is 13.9. The Labute approximate surface area is 157 Å². The molecule has 0 aliphatic carbocycles. The fourth-order valence-corrected chi connectivity index (χ4v) is 3.30. The summed E-state index contributed by atoms with van der Waals surface area (Å²) in [5, 5.41) is 11.2. The molecular formula is C17H16BrFN2O3S. The van der Waals surface area contributed by atoms with Crippen molar-refractivity contribution >= 4 is 39.3 Å². The summed E-state index contributed by atoms with van der Waals surface area (Å²) in [6.45, 7) is 2.21. The first-order chi connectivity index (χ1) is 11.9. The van der Waals surface area contributed by atoms with Crippen LogP contribution in [0.2, 0.25) is 0 Å². The quantitative estimate of drug-likeness (QED) is 0.375. The summed E-state index contributed by atoms with van der Waals surface area (Å²) in [6, 6.07) is 8.92. The summed E-state index contributed by atoms with van der Waals surface area (Å²) in [5.74, 6) is -0.782. The van der Waals surface area contributed by atoms with E-state index in [0.29, 0.717) is 21.5 Å². The third-order valence-corrected chi connectivity index (χ3v) is 4.94. The number of amides is 1. The fourth-order valence-electron chi connectivity index (χ4n) is 2.35. The summed E-state index contributed by atoms with van der Waals surface area (Å²) >= 11 is 4.53. The normalized spacial score (nSPS) is 10.6. The maximum Gasteiger partial charge on any atom is 0.283 e. The molecular weight excluding hydrogens is 411 g/mol. The minimum Gasteiger partial charge on any atom is -0.334 e. The van der Waals surface area contributed by atoms with Crippen LogP contribution in [-0.2, 0) is 6.54 Å². The van der Waals surface area contributed by atoms with E-state index < -0.39 is 10.7 Å². The van der Waals surface area contributed by atoms with Gasteiger partial charge in [0.25, 0.3) is 11.6 Å². The molecule has 0 fully saturated rings. The lowest BCUT2D eigenvalue weighted by atomic mass is 10.1. The van der Waals surface area contributed by atoms with E-state index in [1.807, 2.05) is 0 Å². The van der Waals surface area contributed by atoms with Gasteiger partial charge in [-0.25, -0.2) is 4.39 Å². The van der Waals surface area contributed by atoms with E-state index in [2.05, 4.69) is 15.9 Å². The molecule has 2 aromatic carbocycles. The second-order valence-corrected chi connectivity index (χ2v) is 6.96. The molecule has 0 spiro atoms. The number of halogens is 2. The monoisotopic (exact) mass is 426 g/mol. The maximum atomic E-state index is 13.9. The fraction of sp³-hybridized carbons (Fsp3) is 0.235. The minimum absolute atomic E-state index is 0.0820. The predicted octanol–water partition coefficient (Wildman–Crippen LogP) is 4.88. The number of nitro groups is 1. The third kappa shape index (κ3) is 4.58. The van der Waals surface area contributed by atoms with E-state index in [0.717, 1.165) is 0 Å². The van der Waals surface area contributed by atoms with Crippen molar-refractivity contribution in [3.8, 4) is 0 Å². The van der Waals surface area contributed by atoms with Gasteiger partial charge in [0.2, 0.25) is 0 Å². The van der Waals surface area contributed by atoms with Gasteiger partial charge in [-0.1, -0.05) is 15.9 Å². The SMILES string of the molecule is CCN(Cc1cc(Br)ccc1F)C(=O)c1ccc(SC)c([N+](=O)[O-])c1. The van der Waals surface area contributed by atoms with Gasteiger partial charge in [-0.3, -0.25) is 14.9 Å². The molecule has 0 heterocycles. The Hall–Kier alpha value is -1.93. The van der Waals surface area contributed by atoms with Crippen LogP contribution in [0.1, 0.15) is 22.8 Å². The van der Waals surface area contributed by atoms with Gasteiger partial charge in [0.1, 0.15) is 5.82 Å². The van der Waals surface area contributed by atoms with E-state index >= 15 is 0 Å². The van der Waals surface area contributed by atoms with Crippen LogP contribution in [0.4, 0.5) is 10.1 Å². The molecule has 8 heteroatoms. The lowest BCUT2D eigenvalue weighted by Gasteiger charge is -2.21. The first-order valence-electron chi connectivity index (χ1n) is 7.43. The van der Waals surface area contributed by atoms with Gasteiger partial charge >= 0.3 is 0 Å². The summed E-state index contributed by atoms with van der Waals surface area (Å²) in [7, 11) is 0. The van der Waals surface area contributed by atoms with Gasteiger partial charge in [0.05, 0.1) is 9.82 Å². The van der Waals surface area contributed by atoms with Gasteiger partial charge in [-0.15, -0.1) is 11.8 Å². The number of benzene rings is 2. The molecule has 25 heavy (non-hydrogen) atoms. The van der Waals surface area contributed by atoms with Crippen LogP contribution in [0.25, 0.3) is 0 Å². The molecule has 0 saturated heterocycles. The number of rotatable bonds is 6. The van der Waals surface area contributed by atoms with Crippen molar-refractivity contribution in [2.75, 3.05) is 12.8 Å². The minimum atomic E-state index is -0.507. The van der Waals surface area contributed by atoms with Crippen molar-refractivity contribution in [2.24, 2.45) is 0 Å². The van der Waals surface area contributed by atoms with E-state index in [4.69, 9.17) is 0 Å². The molecule has 0 aromatic heterocycles. The smallest absolute Gasteiger partial charge is 0.283 e. The molecule has 5 nitrogen and oxygen atoms in total. The first kappa shape index (κ1) is 19.4. The van der Waals surface area contributed by atoms with Crippen LogP contribution in [0.15, 0.2) is 45.8 Å². The van der Waals surface area contributed by atoms with Gasteiger partial charge in [-0.2, -0.15) is 0 Å². The number of carbonyl (C=O) groups excluding carboxylic acids is 1. The van der Waals surface area contributed by atoms with Crippen LogP contribution in [0, 0.1) is 15.9 Å². The topological polar surface area (TPSA) is 63.5 Å². The summed E-state index contributed by atoms with van der Waals surface area (Å²) in [6.07, 6.45) is 1.73. The van der Waals surface area contributed by atoms with Crippen molar-refractivity contribution in [3.05, 3.63) is 67.9 Å². The van der Waals surface area contributed by atoms with Gasteiger partial charge in [0, 0.05) is 34.8 Å². The molecule has 132 valence electrons. The Morgan fingerprint density at radius 3 is 2.64 bits per heavy atom. The molecule has 0 atom stereocenters. The van der Waals surface area contributed by atoms with Crippen molar-refractivity contribution in [2.45, 2.75) is 18.4 Å². The second-order valence-electron chi connectivity index (χ2n) is 5.20. The summed E-state index contributed by atoms with van der Waals surface area (Å²) in [5.41, 5.74) is 0.476. The molecule has 1 amide bonds. The van der Waals surface area contributed by atoms with Crippen LogP contribution in [0.3, 0.4) is 0 Å². The van der Waals surface area contributed by atoms with Gasteiger partial charge in [-0.05, 0) is 43.5 Å². The third-order valence-electron chi connectivity index (χ3n) is 3.66. The standard InChI is InChI=1S/C17H16BrFN2O3S/c1-3-20(10-12-8-13(18)5-6-14(12)19)17(22)11-4-7-16(25-2)15(9-11)21(23)24/h4-9H,3,10H2,1-2H3. The Bertz CT molecular complexity index is 816. The average Bonchev–Trinajstić information content (AvgIpc) is 2.61. The molecule has 0 bridgehead atoms. The summed E-state index contributed by atoms with van der Waals surface area (Å²) < 4.78 is 14.7. The van der Waals surface area contributed by atoms with E-state index in [9.17, 15) is 19.3 Å². The molecule has 2 rings (SSSR count). The Balaban J connectivity index is 2.32. The molecule has 0 radical (unpaired) electrons. The highest BCUT2D eigenvalue weighted by Gasteiger charge is 2.21. The zero-order chi connectivity index (χ0) is 18.6. The lowest BCUT2D eigenvalue weighted by molar-refractivity contribution is -0.387. The number of nitro benzene ring substituents is 1. The average molecular weight is 427 g/mol. The van der Waals surface area contributed by atoms with Crippen LogP contribution < -0.4 is 0 Å². The first-order valence-corrected chi connectivity index (χ1v) is 9.44.